The summed E-state index contributed by atoms with van der Waals surface area (Å²) in [6.45, 7) is 4.66. The lowest BCUT2D eigenvalue weighted by Crippen LogP contribution is -2.34. The van der Waals surface area contributed by atoms with Crippen LogP contribution in [0.2, 0.25) is 0 Å². The molecule has 158 valence electrons. The molecule has 30 heavy (non-hydrogen) atoms. The van der Waals surface area contributed by atoms with E-state index in [1.54, 1.807) is 7.11 Å². The van der Waals surface area contributed by atoms with Crippen LogP contribution in [0.3, 0.4) is 0 Å². The van der Waals surface area contributed by atoms with Gasteiger partial charge in [-0.1, -0.05) is 54.2 Å². The van der Waals surface area contributed by atoms with E-state index < -0.39 is 0 Å². The van der Waals surface area contributed by atoms with Gasteiger partial charge in [-0.2, -0.15) is 0 Å². The molecule has 0 bridgehead atoms. The number of nitrogens with zero attached hydrogens (tertiary/aromatic N) is 3. The maximum atomic E-state index is 12.4. The Hall–Kier alpha value is -2.80. The molecule has 0 saturated carbocycles. The molecule has 0 aliphatic carbocycles. The largest absolute Gasteiger partial charge is 0.497 e. The van der Waals surface area contributed by atoms with Crippen molar-refractivity contribution in [2.45, 2.75) is 44.4 Å². The number of aryl methyl sites for hydroxylation is 2. The molecule has 1 N–H and O–H groups in total. The highest BCUT2D eigenvalue weighted by atomic mass is 32.2. The fourth-order valence-electron chi connectivity index (χ4n) is 3.11. The van der Waals surface area contributed by atoms with Crippen molar-refractivity contribution in [2.75, 3.05) is 12.9 Å². The number of amides is 1. The molecule has 7 heteroatoms. The van der Waals surface area contributed by atoms with Crippen molar-refractivity contribution in [3.63, 3.8) is 0 Å². The topological polar surface area (TPSA) is 69.0 Å². The number of hydrogen-bond donors (Lipinski definition) is 1. The lowest BCUT2D eigenvalue weighted by molar-refractivity contribution is -0.119. The monoisotopic (exact) mass is 424 g/mol. The van der Waals surface area contributed by atoms with Crippen LogP contribution in [0.25, 0.3) is 0 Å². The Morgan fingerprint density at radius 2 is 1.83 bits per heavy atom. The molecule has 1 atom stereocenters. The Morgan fingerprint density at radius 3 is 2.53 bits per heavy atom. The molecule has 0 spiro atoms. The van der Waals surface area contributed by atoms with E-state index in [2.05, 4.69) is 39.8 Å². The number of carbonyl (C=O) groups is 1. The number of aromatic nitrogens is 3. The summed E-state index contributed by atoms with van der Waals surface area (Å²) in [6, 6.07) is 18.3. The van der Waals surface area contributed by atoms with Gasteiger partial charge in [0.15, 0.2) is 5.16 Å². The van der Waals surface area contributed by atoms with Crippen LogP contribution < -0.4 is 10.1 Å². The van der Waals surface area contributed by atoms with E-state index in [0.29, 0.717) is 12.3 Å². The molecule has 1 heterocycles. The lowest BCUT2D eigenvalue weighted by Gasteiger charge is -2.14. The van der Waals surface area contributed by atoms with Gasteiger partial charge in [-0.05, 0) is 49.9 Å². The number of benzene rings is 2. The molecule has 1 aromatic heterocycles. The first-order chi connectivity index (χ1) is 14.5. The zero-order chi connectivity index (χ0) is 21.3. The molecule has 0 saturated heterocycles. The Balaban J connectivity index is 1.46. The first-order valence-electron chi connectivity index (χ1n) is 10.0. The van der Waals surface area contributed by atoms with Gasteiger partial charge in [-0.15, -0.1) is 10.2 Å². The second-order valence-corrected chi connectivity index (χ2v) is 8.19. The Bertz CT molecular complexity index is 942. The van der Waals surface area contributed by atoms with Gasteiger partial charge < -0.3 is 14.6 Å². The summed E-state index contributed by atoms with van der Waals surface area (Å²) in [5.74, 6) is 2.02. The van der Waals surface area contributed by atoms with Crippen molar-refractivity contribution in [3.8, 4) is 5.75 Å². The number of hydrogen-bond acceptors (Lipinski definition) is 5. The van der Waals surface area contributed by atoms with E-state index >= 15 is 0 Å². The molecule has 0 radical (unpaired) electrons. The summed E-state index contributed by atoms with van der Waals surface area (Å²) in [5.41, 5.74) is 2.41. The minimum Gasteiger partial charge on any atom is -0.497 e. The number of rotatable bonds is 10. The molecule has 0 aliphatic heterocycles. The van der Waals surface area contributed by atoms with Gasteiger partial charge in [0, 0.05) is 6.04 Å². The Labute approximate surface area is 182 Å². The van der Waals surface area contributed by atoms with Gasteiger partial charge in [0.2, 0.25) is 5.91 Å². The maximum Gasteiger partial charge on any atom is 0.230 e. The zero-order valence-corrected chi connectivity index (χ0v) is 18.5. The van der Waals surface area contributed by atoms with Crippen LogP contribution in [0.1, 0.15) is 30.3 Å². The third-order valence-corrected chi connectivity index (χ3v) is 5.82. The summed E-state index contributed by atoms with van der Waals surface area (Å²) in [7, 11) is 1.66. The smallest absolute Gasteiger partial charge is 0.230 e. The van der Waals surface area contributed by atoms with Crippen molar-refractivity contribution in [1.82, 2.24) is 20.1 Å². The van der Waals surface area contributed by atoms with E-state index in [0.717, 1.165) is 29.6 Å². The molecular weight excluding hydrogens is 396 g/mol. The molecule has 3 rings (SSSR count). The van der Waals surface area contributed by atoms with Gasteiger partial charge in [0.05, 0.1) is 19.4 Å². The fourth-order valence-corrected chi connectivity index (χ4v) is 3.91. The summed E-state index contributed by atoms with van der Waals surface area (Å²) < 4.78 is 7.23. The maximum absolute atomic E-state index is 12.4. The predicted molar refractivity (Wildman–Crippen MR) is 120 cm³/mol. The fraction of sp³-hybridized carbons (Fsp3) is 0.348. The number of methoxy groups -OCH3 is 1. The molecule has 3 aromatic rings. The lowest BCUT2D eigenvalue weighted by atomic mass is 10.1. The van der Waals surface area contributed by atoms with E-state index in [9.17, 15) is 4.79 Å². The van der Waals surface area contributed by atoms with Gasteiger partial charge in [0.25, 0.3) is 0 Å². The van der Waals surface area contributed by atoms with Gasteiger partial charge >= 0.3 is 0 Å². The van der Waals surface area contributed by atoms with Crippen LogP contribution >= 0.6 is 11.8 Å². The predicted octanol–water partition coefficient (Wildman–Crippen LogP) is 3.87. The van der Waals surface area contributed by atoms with Crippen molar-refractivity contribution in [1.29, 1.82) is 0 Å². The van der Waals surface area contributed by atoms with Crippen LogP contribution in [0.15, 0.2) is 59.8 Å². The molecular formula is C23H28N4O2S. The van der Waals surface area contributed by atoms with Crippen molar-refractivity contribution in [3.05, 3.63) is 71.5 Å². The van der Waals surface area contributed by atoms with Crippen LogP contribution in [-0.4, -0.2) is 39.6 Å². The average molecular weight is 425 g/mol. The van der Waals surface area contributed by atoms with Crippen LogP contribution in [-0.2, 0) is 17.8 Å². The summed E-state index contributed by atoms with van der Waals surface area (Å²) in [4.78, 5) is 12.4. The molecule has 2 aromatic carbocycles. The number of nitrogens with one attached hydrogen (secondary N) is 1. The van der Waals surface area contributed by atoms with Crippen molar-refractivity contribution in [2.24, 2.45) is 0 Å². The van der Waals surface area contributed by atoms with E-state index in [-0.39, 0.29) is 11.9 Å². The van der Waals surface area contributed by atoms with E-state index in [1.165, 1.54) is 22.9 Å². The molecule has 1 amide bonds. The second kappa shape index (κ2) is 10.8. The van der Waals surface area contributed by atoms with Crippen LogP contribution in [0.5, 0.6) is 5.75 Å². The van der Waals surface area contributed by atoms with Crippen LogP contribution in [0, 0.1) is 6.92 Å². The molecule has 0 fully saturated rings. The minimum atomic E-state index is 0.00847. The normalized spacial score (nSPS) is 11.8. The second-order valence-electron chi connectivity index (χ2n) is 7.25. The first-order valence-corrected chi connectivity index (χ1v) is 11.0. The van der Waals surface area contributed by atoms with Gasteiger partial charge in [-0.25, -0.2) is 0 Å². The Morgan fingerprint density at radius 1 is 1.10 bits per heavy atom. The number of carbonyl (C=O) groups excluding carboxylic acids is 1. The zero-order valence-electron chi connectivity index (χ0n) is 17.7. The minimum absolute atomic E-state index is 0.00847. The van der Waals surface area contributed by atoms with Crippen molar-refractivity contribution < 1.29 is 9.53 Å². The summed E-state index contributed by atoms with van der Waals surface area (Å²) in [5, 5.41) is 12.3. The summed E-state index contributed by atoms with van der Waals surface area (Å²) >= 11 is 1.42. The highest BCUT2D eigenvalue weighted by Crippen LogP contribution is 2.18. The van der Waals surface area contributed by atoms with Gasteiger partial charge in [0.1, 0.15) is 11.6 Å². The quantitative estimate of drug-likeness (QED) is 0.500. The van der Waals surface area contributed by atoms with Crippen LogP contribution in [0.4, 0.5) is 0 Å². The number of ether oxygens (including phenoxy) is 1. The third-order valence-electron chi connectivity index (χ3n) is 4.85. The van der Waals surface area contributed by atoms with E-state index in [1.807, 2.05) is 48.7 Å². The Kier molecular flexibility index (Phi) is 7.90. The van der Waals surface area contributed by atoms with E-state index in [4.69, 9.17) is 4.74 Å². The number of thioether (sulfide) groups is 1. The third kappa shape index (κ3) is 6.35. The molecule has 1 unspecified atom stereocenters. The highest BCUT2D eigenvalue weighted by Gasteiger charge is 2.13. The summed E-state index contributed by atoms with van der Waals surface area (Å²) in [6.07, 6.45) is 1.79. The first kappa shape index (κ1) is 21.9. The van der Waals surface area contributed by atoms with Gasteiger partial charge in [-0.3, -0.25) is 4.79 Å². The molecule has 0 aliphatic rings. The molecule has 6 nitrogen and oxygen atoms in total. The standard InChI is InChI=1S/C23H28N4O2S/c1-17(9-10-19-11-13-21(29-3)14-12-19)24-22(28)16-30-23-26-25-18(2)27(23)15-20-7-5-4-6-8-20/h4-8,11-14,17H,9-10,15-16H2,1-3H3,(H,24,28). The SMILES string of the molecule is COc1ccc(CCC(C)NC(=O)CSc2nnc(C)n2Cc2ccccc2)cc1. The van der Waals surface area contributed by atoms with Crippen molar-refractivity contribution >= 4 is 17.7 Å². The highest BCUT2D eigenvalue weighted by molar-refractivity contribution is 7.99. The average Bonchev–Trinajstić information content (AvgIpc) is 3.11.